The summed E-state index contributed by atoms with van der Waals surface area (Å²) >= 11 is 3.41. The number of hydrogen-bond acceptors (Lipinski definition) is 2. The maximum Gasteiger partial charge on any atom is 0.219 e. The minimum atomic E-state index is 0.573. The van der Waals surface area contributed by atoms with Gasteiger partial charge < -0.3 is 4.74 Å². The zero-order valence-corrected chi connectivity index (χ0v) is 9.57. The first-order valence-electron chi connectivity index (χ1n) is 4.46. The predicted molar refractivity (Wildman–Crippen MR) is 62.9 cm³/mol. The minimum absolute atomic E-state index is 0.573. The number of ether oxygens (including phenoxy) is 1. The molecule has 1 heterocycles. The van der Waals surface area contributed by atoms with E-state index in [1.807, 2.05) is 36.4 Å². The molecule has 1 aromatic carbocycles. The second-order valence-electron chi connectivity index (χ2n) is 3.03. The van der Waals surface area contributed by atoms with E-state index >= 15 is 0 Å². The first-order valence-corrected chi connectivity index (χ1v) is 5.25. The largest absolute Gasteiger partial charge is 0.438 e. The fourth-order valence-corrected chi connectivity index (χ4v) is 1.47. The lowest BCUT2D eigenvalue weighted by Gasteiger charge is -2.06. The average molecular weight is 263 g/mol. The van der Waals surface area contributed by atoms with Crippen molar-refractivity contribution in [2.45, 2.75) is 0 Å². The third-order valence-electron chi connectivity index (χ3n) is 1.85. The molecule has 0 fully saturated rings. The van der Waals surface area contributed by atoms with Crippen molar-refractivity contribution >= 4 is 15.9 Å². The molecule has 0 spiro atoms. The molecule has 0 amide bonds. The third-order valence-corrected chi connectivity index (χ3v) is 2.50. The van der Waals surface area contributed by atoms with Crippen LogP contribution in [-0.4, -0.2) is 4.98 Å². The van der Waals surface area contributed by atoms with Crippen molar-refractivity contribution in [2.75, 3.05) is 0 Å². The van der Waals surface area contributed by atoms with Crippen LogP contribution in [0.25, 0.3) is 0 Å². The highest BCUT2D eigenvalue weighted by Crippen LogP contribution is 2.29. The second-order valence-corrected chi connectivity index (χ2v) is 3.89. The average Bonchev–Trinajstić information content (AvgIpc) is 2.25. The summed E-state index contributed by atoms with van der Waals surface area (Å²) in [4.78, 5) is 4.08. The Bertz CT molecular complexity index is 456. The third kappa shape index (κ3) is 2.57. The first kappa shape index (κ1) is 10.2. The lowest BCUT2D eigenvalue weighted by atomic mass is 10.2. The molecule has 2 aromatic rings. The molecule has 0 saturated heterocycles. The fourth-order valence-electron chi connectivity index (χ4n) is 1.15. The lowest BCUT2D eigenvalue weighted by Crippen LogP contribution is -1.88. The molecule has 0 N–H and O–H groups in total. The van der Waals surface area contributed by atoms with E-state index in [0.29, 0.717) is 5.88 Å². The van der Waals surface area contributed by atoms with E-state index < -0.39 is 0 Å². The quantitative estimate of drug-likeness (QED) is 0.821. The van der Waals surface area contributed by atoms with Gasteiger partial charge in [-0.05, 0) is 46.6 Å². The van der Waals surface area contributed by atoms with Gasteiger partial charge in [0, 0.05) is 12.3 Å². The molecule has 1 aromatic heterocycles. The molecule has 0 aliphatic heterocycles. The molecular weight excluding hydrogens is 254 g/mol. The number of rotatable bonds is 2. The van der Waals surface area contributed by atoms with E-state index in [9.17, 15) is 0 Å². The van der Waals surface area contributed by atoms with Gasteiger partial charge in [-0.25, -0.2) is 4.98 Å². The molecule has 15 heavy (non-hydrogen) atoms. The molecule has 0 aliphatic rings. The molecule has 2 rings (SSSR count). The van der Waals surface area contributed by atoms with Crippen molar-refractivity contribution in [3.05, 3.63) is 59.6 Å². The molecule has 1 radical (unpaired) electrons. The minimum Gasteiger partial charge on any atom is -0.438 e. The summed E-state index contributed by atoms with van der Waals surface area (Å²) in [5, 5.41) is 0. The van der Waals surface area contributed by atoms with Gasteiger partial charge in [0.1, 0.15) is 5.75 Å². The van der Waals surface area contributed by atoms with Crippen molar-refractivity contribution in [1.82, 2.24) is 4.98 Å². The van der Waals surface area contributed by atoms with Crippen LogP contribution >= 0.6 is 15.9 Å². The molecule has 75 valence electrons. The summed E-state index contributed by atoms with van der Waals surface area (Å²) in [6.45, 7) is 3.84. The maximum atomic E-state index is 5.59. The van der Waals surface area contributed by atoms with Gasteiger partial charge in [0.05, 0.1) is 4.47 Å². The van der Waals surface area contributed by atoms with Gasteiger partial charge in [0.15, 0.2) is 0 Å². The molecule has 3 heteroatoms. The fraction of sp³-hybridized carbons (Fsp3) is 0. The normalized spacial score (nSPS) is 10.0. The summed E-state index contributed by atoms with van der Waals surface area (Å²) in [5.41, 5.74) is 0.907. The molecular formula is C12H9BrNO. The summed E-state index contributed by atoms with van der Waals surface area (Å²) in [5.74, 6) is 1.30. The Labute approximate surface area is 97.1 Å². The standard InChI is InChI=1S/C12H9BrNO/c1-9-5-6-10(13)11(8-9)15-12-4-2-3-7-14-12/h2-8H,1H2. The number of pyridine rings is 1. The number of halogens is 1. The Morgan fingerprint density at radius 1 is 1.20 bits per heavy atom. The molecule has 0 aliphatic carbocycles. The van der Waals surface area contributed by atoms with E-state index in [4.69, 9.17) is 4.74 Å². The Morgan fingerprint density at radius 2 is 2.07 bits per heavy atom. The zero-order chi connectivity index (χ0) is 10.7. The van der Waals surface area contributed by atoms with Crippen molar-refractivity contribution in [3.63, 3.8) is 0 Å². The van der Waals surface area contributed by atoms with Crippen molar-refractivity contribution in [3.8, 4) is 11.6 Å². The van der Waals surface area contributed by atoms with Gasteiger partial charge in [-0.2, -0.15) is 0 Å². The monoisotopic (exact) mass is 262 g/mol. The van der Waals surface area contributed by atoms with Crippen LogP contribution in [0.1, 0.15) is 5.56 Å². The van der Waals surface area contributed by atoms with Crippen LogP contribution in [0, 0.1) is 6.92 Å². The van der Waals surface area contributed by atoms with Gasteiger partial charge in [-0.3, -0.25) is 0 Å². The molecule has 2 nitrogen and oxygen atoms in total. The maximum absolute atomic E-state index is 5.59. The highest BCUT2D eigenvalue weighted by Gasteiger charge is 2.02. The van der Waals surface area contributed by atoms with Crippen LogP contribution in [0.3, 0.4) is 0 Å². The highest BCUT2D eigenvalue weighted by molar-refractivity contribution is 9.10. The number of aromatic nitrogens is 1. The van der Waals surface area contributed by atoms with E-state index in [1.165, 1.54) is 0 Å². The number of nitrogens with zero attached hydrogens (tertiary/aromatic N) is 1. The van der Waals surface area contributed by atoms with Crippen LogP contribution in [0.5, 0.6) is 11.6 Å². The van der Waals surface area contributed by atoms with Crippen LogP contribution in [0.15, 0.2) is 47.1 Å². The number of benzene rings is 1. The smallest absolute Gasteiger partial charge is 0.219 e. The SMILES string of the molecule is [CH2]c1ccc(Br)c(Oc2ccccn2)c1. The Balaban J connectivity index is 2.28. The van der Waals surface area contributed by atoms with Gasteiger partial charge in [-0.1, -0.05) is 12.1 Å². The van der Waals surface area contributed by atoms with Crippen LogP contribution in [0.4, 0.5) is 0 Å². The van der Waals surface area contributed by atoms with Gasteiger partial charge in [0.2, 0.25) is 5.88 Å². The lowest BCUT2D eigenvalue weighted by molar-refractivity contribution is 0.460. The van der Waals surface area contributed by atoms with E-state index in [0.717, 1.165) is 15.8 Å². The first-order chi connectivity index (χ1) is 7.25. The van der Waals surface area contributed by atoms with Crippen molar-refractivity contribution in [2.24, 2.45) is 0 Å². The predicted octanol–water partition coefficient (Wildman–Crippen LogP) is 3.82. The Kier molecular flexibility index (Phi) is 3.02. The van der Waals surface area contributed by atoms with Crippen LogP contribution in [0.2, 0.25) is 0 Å². The number of hydrogen-bond donors (Lipinski definition) is 0. The second kappa shape index (κ2) is 4.45. The van der Waals surface area contributed by atoms with Gasteiger partial charge in [-0.15, -0.1) is 0 Å². The summed E-state index contributed by atoms with van der Waals surface area (Å²) in [6, 6.07) is 11.2. The van der Waals surface area contributed by atoms with Crippen LogP contribution in [-0.2, 0) is 0 Å². The van der Waals surface area contributed by atoms with Crippen molar-refractivity contribution in [1.29, 1.82) is 0 Å². The van der Waals surface area contributed by atoms with Gasteiger partial charge in [0.25, 0.3) is 0 Å². The highest BCUT2D eigenvalue weighted by atomic mass is 79.9. The van der Waals surface area contributed by atoms with Gasteiger partial charge >= 0.3 is 0 Å². The summed E-state index contributed by atoms with van der Waals surface area (Å²) < 4.78 is 6.48. The summed E-state index contributed by atoms with van der Waals surface area (Å²) in [6.07, 6.45) is 1.69. The zero-order valence-electron chi connectivity index (χ0n) is 7.98. The van der Waals surface area contributed by atoms with E-state index in [1.54, 1.807) is 6.20 Å². The topological polar surface area (TPSA) is 22.1 Å². The van der Waals surface area contributed by atoms with Crippen LogP contribution < -0.4 is 4.74 Å². The summed E-state index contributed by atoms with van der Waals surface area (Å²) in [7, 11) is 0. The Hall–Kier alpha value is -1.35. The van der Waals surface area contributed by atoms with Crippen molar-refractivity contribution < 1.29 is 4.74 Å². The molecule has 0 saturated carbocycles. The molecule has 0 atom stereocenters. The van der Waals surface area contributed by atoms with E-state index in [2.05, 4.69) is 27.8 Å². The van der Waals surface area contributed by atoms with E-state index in [-0.39, 0.29) is 0 Å². The Morgan fingerprint density at radius 3 is 2.80 bits per heavy atom. The molecule has 0 bridgehead atoms. The molecule has 0 unspecified atom stereocenters.